The van der Waals surface area contributed by atoms with Gasteiger partial charge in [0.05, 0.1) is 11.0 Å². The number of phenolic OH excluding ortho intramolecular Hbond substituents is 2. The third-order valence-corrected chi connectivity index (χ3v) is 2.89. The van der Waals surface area contributed by atoms with Crippen LogP contribution in [-0.4, -0.2) is 20.2 Å². The van der Waals surface area contributed by atoms with Gasteiger partial charge in [0.15, 0.2) is 0 Å². The number of aromatic nitrogens is 2. The highest BCUT2D eigenvalue weighted by molar-refractivity contribution is 5.82. The van der Waals surface area contributed by atoms with Gasteiger partial charge in [-0.2, -0.15) is 0 Å². The van der Waals surface area contributed by atoms with Crippen molar-refractivity contribution in [2.75, 3.05) is 0 Å². The van der Waals surface area contributed by atoms with Crippen molar-refractivity contribution >= 4 is 11.0 Å². The number of benzene rings is 2. The third kappa shape index (κ3) is 1.59. The number of imidazole rings is 1. The molecule has 0 radical (unpaired) electrons. The smallest absolute Gasteiger partial charge is 0.146 e. The monoisotopic (exact) mass is 240 g/mol. The number of rotatable bonds is 1. The van der Waals surface area contributed by atoms with Gasteiger partial charge >= 0.3 is 0 Å². The van der Waals surface area contributed by atoms with Gasteiger partial charge in [-0.15, -0.1) is 0 Å². The van der Waals surface area contributed by atoms with Gasteiger partial charge in [0.25, 0.3) is 0 Å². The number of H-pyrrole nitrogens is 1. The summed E-state index contributed by atoms with van der Waals surface area (Å²) < 4.78 is 0. The van der Waals surface area contributed by atoms with E-state index in [1.807, 2.05) is 25.1 Å². The summed E-state index contributed by atoms with van der Waals surface area (Å²) in [5, 5.41) is 19.6. The lowest BCUT2D eigenvalue weighted by atomic mass is 10.1. The first kappa shape index (κ1) is 10.7. The molecule has 0 saturated heterocycles. The fraction of sp³-hybridized carbons (Fsp3) is 0.0714. The van der Waals surface area contributed by atoms with E-state index < -0.39 is 0 Å². The van der Waals surface area contributed by atoms with Gasteiger partial charge in [-0.3, -0.25) is 0 Å². The molecule has 0 spiro atoms. The number of nitrogens with one attached hydrogen (secondary N) is 1. The van der Waals surface area contributed by atoms with E-state index in [2.05, 4.69) is 9.97 Å². The molecule has 0 fully saturated rings. The molecular formula is C14H12N2O2. The number of phenols is 2. The van der Waals surface area contributed by atoms with E-state index in [9.17, 15) is 10.2 Å². The molecule has 0 bridgehead atoms. The highest BCUT2D eigenvalue weighted by atomic mass is 16.3. The molecule has 0 aliphatic carbocycles. The summed E-state index contributed by atoms with van der Waals surface area (Å²) in [6.45, 7) is 2.00. The summed E-state index contributed by atoms with van der Waals surface area (Å²) in [5.41, 5.74) is 3.14. The molecule has 0 amide bonds. The molecule has 90 valence electrons. The molecule has 0 aliphatic rings. The molecule has 4 nitrogen and oxygen atoms in total. The Morgan fingerprint density at radius 3 is 2.50 bits per heavy atom. The first-order valence-electron chi connectivity index (χ1n) is 5.63. The summed E-state index contributed by atoms with van der Waals surface area (Å²) in [6.07, 6.45) is 0. The molecule has 1 aromatic heterocycles. The second-order valence-corrected chi connectivity index (χ2v) is 4.28. The van der Waals surface area contributed by atoms with E-state index in [1.54, 1.807) is 6.07 Å². The minimum absolute atomic E-state index is 0.00535. The van der Waals surface area contributed by atoms with Crippen molar-refractivity contribution in [2.24, 2.45) is 0 Å². The van der Waals surface area contributed by atoms with Crippen LogP contribution in [0, 0.1) is 6.92 Å². The van der Waals surface area contributed by atoms with Crippen LogP contribution < -0.4 is 0 Å². The van der Waals surface area contributed by atoms with Crippen LogP contribution in [0.15, 0.2) is 36.4 Å². The molecule has 0 aliphatic heterocycles. The maximum Gasteiger partial charge on any atom is 0.146 e. The fourth-order valence-electron chi connectivity index (χ4n) is 2.01. The summed E-state index contributed by atoms with van der Waals surface area (Å²) in [6, 6.07) is 10.5. The van der Waals surface area contributed by atoms with E-state index >= 15 is 0 Å². The van der Waals surface area contributed by atoms with Gasteiger partial charge in [-0.25, -0.2) is 4.98 Å². The topological polar surface area (TPSA) is 69.1 Å². The van der Waals surface area contributed by atoms with Gasteiger partial charge in [0, 0.05) is 0 Å². The van der Waals surface area contributed by atoms with Crippen molar-refractivity contribution in [3.8, 4) is 22.9 Å². The van der Waals surface area contributed by atoms with E-state index in [0.29, 0.717) is 11.4 Å². The highest BCUT2D eigenvalue weighted by Crippen LogP contribution is 2.35. The summed E-state index contributed by atoms with van der Waals surface area (Å²) in [4.78, 5) is 7.47. The van der Waals surface area contributed by atoms with Crippen LogP contribution in [0.1, 0.15) is 5.56 Å². The van der Waals surface area contributed by atoms with Crippen molar-refractivity contribution in [2.45, 2.75) is 6.92 Å². The molecule has 1 heterocycles. The lowest BCUT2D eigenvalue weighted by Crippen LogP contribution is -1.82. The highest BCUT2D eigenvalue weighted by Gasteiger charge is 2.13. The van der Waals surface area contributed by atoms with Gasteiger partial charge in [-0.1, -0.05) is 12.1 Å². The van der Waals surface area contributed by atoms with Crippen LogP contribution >= 0.6 is 0 Å². The van der Waals surface area contributed by atoms with Crippen LogP contribution in [0.4, 0.5) is 0 Å². The number of aromatic amines is 1. The Hall–Kier alpha value is -2.49. The second-order valence-electron chi connectivity index (χ2n) is 4.28. The van der Waals surface area contributed by atoms with Crippen LogP contribution in [0.5, 0.6) is 11.5 Å². The Bertz CT molecular complexity index is 711. The molecule has 3 aromatic rings. The van der Waals surface area contributed by atoms with Crippen molar-refractivity contribution in [3.63, 3.8) is 0 Å². The Labute approximate surface area is 104 Å². The summed E-state index contributed by atoms with van der Waals surface area (Å²) in [5.74, 6) is 0.475. The predicted octanol–water partition coefficient (Wildman–Crippen LogP) is 2.95. The van der Waals surface area contributed by atoms with Crippen molar-refractivity contribution in [1.82, 2.24) is 9.97 Å². The number of aryl methyl sites for hydroxylation is 1. The summed E-state index contributed by atoms with van der Waals surface area (Å²) >= 11 is 0. The first-order chi connectivity index (χ1) is 8.65. The Balaban J connectivity index is 2.26. The van der Waals surface area contributed by atoms with Gasteiger partial charge in [-0.05, 0) is 36.8 Å². The van der Waals surface area contributed by atoms with E-state index in [1.165, 1.54) is 12.1 Å². The predicted molar refractivity (Wildman–Crippen MR) is 69.6 cm³/mol. The minimum Gasteiger partial charge on any atom is -0.507 e. The maximum atomic E-state index is 9.80. The minimum atomic E-state index is 0.00535. The molecule has 0 saturated carbocycles. The number of fused-ring (bicyclic) bond motifs is 1. The molecule has 3 rings (SSSR count). The lowest BCUT2D eigenvalue weighted by molar-refractivity contribution is 0.453. The Kier molecular flexibility index (Phi) is 2.23. The zero-order chi connectivity index (χ0) is 12.7. The molecule has 2 aromatic carbocycles. The quantitative estimate of drug-likeness (QED) is 0.612. The lowest BCUT2D eigenvalue weighted by Gasteiger charge is -2.02. The number of hydrogen-bond acceptors (Lipinski definition) is 3. The van der Waals surface area contributed by atoms with Crippen LogP contribution in [0.2, 0.25) is 0 Å². The van der Waals surface area contributed by atoms with Gasteiger partial charge in [0.2, 0.25) is 0 Å². The fourth-order valence-corrected chi connectivity index (χ4v) is 2.01. The van der Waals surface area contributed by atoms with Gasteiger partial charge in [0.1, 0.15) is 22.9 Å². The van der Waals surface area contributed by atoms with Crippen molar-refractivity contribution in [1.29, 1.82) is 0 Å². The first-order valence-corrected chi connectivity index (χ1v) is 5.63. The number of aromatic hydroxyl groups is 2. The van der Waals surface area contributed by atoms with Crippen molar-refractivity contribution < 1.29 is 10.2 Å². The van der Waals surface area contributed by atoms with E-state index in [4.69, 9.17) is 0 Å². The van der Waals surface area contributed by atoms with Crippen LogP contribution in [0.25, 0.3) is 22.4 Å². The van der Waals surface area contributed by atoms with Gasteiger partial charge < -0.3 is 15.2 Å². The van der Waals surface area contributed by atoms with E-state index in [0.717, 1.165) is 16.6 Å². The van der Waals surface area contributed by atoms with Crippen LogP contribution in [0.3, 0.4) is 0 Å². The molecule has 3 N–H and O–H groups in total. The Morgan fingerprint density at radius 2 is 1.78 bits per heavy atom. The second kappa shape index (κ2) is 3.77. The van der Waals surface area contributed by atoms with Crippen LogP contribution in [-0.2, 0) is 0 Å². The molecule has 4 heteroatoms. The molecule has 18 heavy (non-hydrogen) atoms. The number of nitrogens with zero attached hydrogens (tertiary/aromatic N) is 1. The zero-order valence-corrected chi connectivity index (χ0v) is 9.81. The van der Waals surface area contributed by atoms with E-state index in [-0.39, 0.29) is 11.5 Å². The SMILES string of the molecule is Cc1ccc2nc(-c3c(O)cccc3O)[nH]c2c1. The standard InChI is InChI=1S/C14H12N2O2/c1-8-5-6-9-10(7-8)16-14(15-9)13-11(17)3-2-4-12(13)18/h2-7,17-18H,1H3,(H,15,16). The normalized spacial score (nSPS) is 10.9. The summed E-state index contributed by atoms with van der Waals surface area (Å²) in [7, 11) is 0. The largest absolute Gasteiger partial charge is 0.507 e. The molecule has 0 atom stereocenters. The molecular weight excluding hydrogens is 228 g/mol. The van der Waals surface area contributed by atoms with Crippen molar-refractivity contribution in [3.05, 3.63) is 42.0 Å². The average molecular weight is 240 g/mol. The third-order valence-electron chi connectivity index (χ3n) is 2.89. The molecule has 0 unspecified atom stereocenters. The maximum absolute atomic E-state index is 9.80. The Morgan fingerprint density at radius 1 is 1.06 bits per heavy atom. The average Bonchev–Trinajstić information content (AvgIpc) is 2.71. The number of hydrogen-bond donors (Lipinski definition) is 3. The zero-order valence-electron chi connectivity index (χ0n) is 9.81.